The molecule has 0 heterocycles. The van der Waals surface area contributed by atoms with Crippen LogP contribution in [0.25, 0.3) is 0 Å². The van der Waals surface area contributed by atoms with Crippen LogP contribution < -0.4 is 0 Å². The van der Waals surface area contributed by atoms with Gasteiger partial charge in [-0.1, -0.05) is 13.8 Å². The molecular weight excluding hydrogens is 380 g/mol. The Labute approximate surface area is 171 Å². The second-order valence-corrected chi connectivity index (χ2v) is 9.54. The molecule has 2 atom stereocenters. The first-order valence-electron chi connectivity index (χ1n) is 9.49. The fourth-order valence-corrected chi connectivity index (χ4v) is 2.49. The maximum atomic E-state index is 12.4. The number of hydrogen-bond donors (Lipinski definition) is 0. The summed E-state index contributed by atoms with van der Waals surface area (Å²) in [6.45, 7) is 16.3. The van der Waals surface area contributed by atoms with Gasteiger partial charge in [0.2, 0.25) is 0 Å². The second-order valence-electron chi connectivity index (χ2n) is 9.54. The van der Waals surface area contributed by atoms with Crippen molar-refractivity contribution in [2.75, 3.05) is 0 Å². The van der Waals surface area contributed by atoms with E-state index in [0.717, 1.165) is 0 Å². The smallest absolute Gasteiger partial charge is 0.347 e. The van der Waals surface area contributed by atoms with Crippen LogP contribution in [0.5, 0.6) is 0 Å². The molecular formula is C21H32O8. The molecule has 0 aromatic carbocycles. The summed E-state index contributed by atoms with van der Waals surface area (Å²) in [7, 11) is 0. The van der Waals surface area contributed by atoms with Gasteiger partial charge in [0, 0.05) is 5.41 Å². The third-order valence-electron chi connectivity index (χ3n) is 3.89. The van der Waals surface area contributed by atoms with Crippen LogP contribution in [0.2, 0.25) is 0 Å². The van der Waals surface area contributed by atoms with Gasteiger partial charge in [-0.2, -0.15) is 0 Å². The van der Waals surface area contributed by atoms with Crippen molar-refractivity contribution in [1.29, 1.82) is 0 Å². The lowest BCUT2D eigenvalue weighted by Crippen LogP contribution is -2.33. The highest BCUT2D eigenvalue weighted by molar-refractivity contribution is 6.12. The van der Waals surface area contributed by atoms with E-state index in [0.29, 0.717) is 0 Å². The van der Waals surface area contributed by atoms with Crippen LogP contribution in [-0.4, -0.2) is 47.3 Å². The molecule has 0 aliphatic heterocycles. The Morgan fingerprint density at radius 1 is 0.690 bits per heavy atom. The highest BCUT2D eigenvalue weighted by Crippen LogP contribution is 2.53. The van der Waals surface area contributed by atoms with Gasteiger partial charge in [-0.3, -0.25) is 0 Å². The molecule has 0 saturated carbocycles. The second kappa shape index (κ2) is 8.16. The first-order valence-corrected chi connectivity index (χ1v) is 9.49. The van der Waals surface area contributed by atoms with Crippen molar-refractivity contribution in [3.63, 3.8) is 0 Å². The van der Waals surface area contributed by atoms with Crippen molar-refractivity contribution in [2.45, 2.75) is 92.6 Å². The average Bonchev–Trinajstić information content (AvgIpc) is 3.06. The maximum Gasteiger partial charge on any atom is 0.347 e. The fourth-order valence-electron chi connectivity index (χ4n) is 2.49. The zero-order chi connectivity index (χ0) is 22.9. The fraction of sp³-hybridized carbons (Fsp3) is 0.714. The predicted octanol–water partition coefficient (Wildman–Crippen LogP) is 2.87. The van der Waals surface area contributed by atoms with Crippen LogP contribution in [0.4, 0.5) is 0 Å². The first-order chi connectivity index (χ1) is 12.9. The van der Waals surface area contributed by atoms with E-state index in [4.69, 9.17) is 18.9 Å². The van der Waals surface area contributed by atoms with Crippen LogP contribution in [0.3, 0.4) is 0 Å². The summed E-state index contributed by atoms with van der Waals surface area (Å²) < 4.78 is 20.6. The lowest BCUT2D eigenvalue weighted by Gasteiger charge is -2.22. The molecule has 0 saturated heterocycles. The molecule has 1 aliphatic carbocycles. The summed E-state index contributed by atoms with van der Waals surface area (Å²) in [5, 5.41) is 0. The molecule has 0 aromatic rings. The van der Waals surface area contributed by atoms with E-state index in [2.05, 4.69) is 0 Å². The standard InChI is InChI=1S/C21H32O8/c1-11(15(22)28-19(3,4)5)26-17(24)13-14(21(13,9)10)18(25)27-12(2)16(23)29-20(6,7)8/h11-12H,1-10H3/t11-,12-/m1/s1. The first kappa shape index (κ1) is 24.7. The number of esters is 4. The van der Waals surface area contributed by atoms with Gasteiger partial charge < -0.3 is 18.9 Å². The number of rotatable bonds is 6. The van der Waals surface area contributed by atoms with E-state index >= 15 is 0 Å². The quantitative estimate of drug-likeness (QED) is 0.484. The van der Waals surface area contributed by atoms with Crippen molar-refractivity contribution in [2.24, 2.45) is 5.41 Å². The van der Waals surface area contributed by atoms with E-state index < -0.39 is 52.7 Å². The van der Waals surface area contributed by atoms with Crippen molar-refractivity contribution < 1.29 is 38.1 Å². The van der Waals surface area contributed by atoms with Gasteiger partial charge in [-0.25, -0.2) is 19.2 Å². The molecule has 0 amide bonds. The zero-order valence-corrected chi connectivity index (χ0v) is 18.9. The van der Waals surface area contributed by atoms with E-state index in [1.165, 1.54) is 13.8 Å². The van der Waals surface area contributed by atoms with Crippen molar-refractivity contribution in [3.8, 4) is 0 Å². The normalized spacial score (nSPS) is 17.7. The lowest BCUT2D eigenvalue weighted by atomic mass is 10.0. The van der Waals surface area contributed by atoms with E-state index in [1.54, 1.807) is 55.4 Å². The van der Waals surface area contributed by atoms with E-state index in [1.807, 2.05) is 0 Å². The van der Waals surface area contributed by atoms with Crippen molar-refractivity contribution >= 4 is 23.9 Å². The van der Waals surface area contributed by atoms with Gasteiger partial charge in [0.25, 0.3) is 0 Å². The third-order valence-corrected chi connectivity index (χ3v) is 3.89. The molecule has 0 N–H and O–H groups in total. The summed E-state index contributed by atoms with van der Waals surface area (Å²) in [4.78, 5) is 48.9. The van der Waals surface area contributed by atoms with Crippen LogP contribution in [0.15, 0.2) is 11.1 Å². The summed E-state index contributed by atoms with van der Waals surface area (Å²) in [5.41, 5.74) is -2.11. The summed E-state index contributed by atoms with van der Waals surface area (Å²) in [5.74, 6) is -2.98. The molecule has 8 nitrogen and oxygen atoms in total. The molecule has 1 aliphatic rings. The number of carbonyl (C=O) groups excluding carboxylic acids is 4. The Balaban J connectivity index is 2.80. The maximum absolute atomic E-state index is 12.4. The van der Waals surface area contributed by atoms with E-state index in [-0.39, 0.29) is 11.1 Å². The largest absolute Gasteiger partial charge is 0.457 e. The molecule has 164 valence electrons. The average molecular weight is 412 g/mol. The summed E-state index contributed by atoms with van der Waals surface area (Å²) in [6, 6.07) is 0. The van der Waals surface area contributed by atoms with Gasteiger partial charge in [-0.05, 0) is 55.4 Å². The number of hydrogen-bond acceptors (Lipinski definition) is 8. The minimum atomic E-state index is -1.14. The predicted molar refractivity (Wildman–Crippen MR) is 104 cm³/mol. The minimum absolute atomic E-state index is 0.106. The lowest BCUT2D eigenvalue weighted by molar-refractivity contribution is -0.173. The Morgan fingerprint density at radius 2 is 0.966 bits per heavy atom. The molecule has 0 aromatic heterocycles. The molecule has 0 fully saturated rings. The van der Waals surface area contributed by atoms with Crippen LogP contribution in [-0.2, 0) is 38.1 Å². The molecule has 0 bridgehead atoms. The monoisotopic (exact) mass is 412 g/mol. The summed E-state index contributed by atoms with van der Waals surface area (Å²) >= 11 is 0. The van der Waals surface area contributed by atoms with Gasteiger partial charge in [-0.15, -0.1) is 0 Å². The third kappa shape index (κ3) is 6.87. The molecule has 29 heavy (non-hydrogen) atoms. The topological polar surface area (TPSA) is 105 Å². The number of ether oxygens (including phenoxy) is 4. The molecule has 0 radical (unpaired) electrons. The van der Waals surface area contributed by atoms with Gasteiger partial charge >= 0.3 is 23.9 Å². The van der Waals surface area contributed by atoms with Crippen molar-refractivity contribution in [3.05, 3.63) is 11.1 Å². The van der Waals surface area contributed by atoms with Gasteiger partial charge in [0.1, 0.15) is 11.2 Å². The Morgan fingerprint density at radius 3 is 1.21 bits per heavy atom. The molecule has 8 heteroatoms. The molecule has 0 spiro atoms. The van der Waals surface area contributed by atoms with Crippen LogP contribution in [0.1, 0.15) is 69.2 Å². The van der Waals surface area contributed by atoms with Crippen LogP contribution in [0, 0.1) is 5.41 Å². The Bertz CT molecular complexity index is 671. The Hall–Kier alpha value is -2.38. The van der Waals surface area contributed by atoms with Gasteiger partial charge in [0.05, 0.1) is 11.1 Å². The molecule has 1 rings (SSSR count). The summed E-state index contributed by atoms with van der Waals surface area (Å²) in [6.07, 6.45) is -2.27. The van der Waals surface area contributed by atoms with E-state index in [9.17, 15) is 19.2 Å². The van der Waals surface area contributed by atoms with Gasteiger partial charge in [0.15, 0.2) is 12.2 Å². The highest BCUT2D eigenvalue weighted by atomic mass is 16.6. The minimum Gasteiger partial charge on any atom is -0.457 e. The highest BCUT2D eigenvalue weighted by Gasteiger charge is 2.55. The Kier molecular flexibility index (Phi) is 6.94. The van der Waals surface area contributed by atoms with Crippen LogP contribution >= 0.6 is 0 Å². The van der Waals surface area contributed by atoms with Crippen molar-refractivity contribution in [1.82, 2.24) is 0 Å². The molecule has 0 unspecified atom stereocenters. The number of carbonyl (C=O) groups is 4. The SMILES string of the molecule is C[C@@H](OC(=O)C1=C(C(=O)O[C@H](C)C(=O)OC(C)(C)C)C1(C)C)C(=O)OC(C)(C)C. The zero-order valence-electron chi connectivity index (χ0n) is 18.9.